The van der Waals surface area contributed by atoms with E-state index in [0.29, 0.717) is 19.4 Å². The number of nitrogens with one attached hydrogen (secondary N) is 1. The van der Waals surface area contributed by atoms with E-state index >= 15 is 0 Å². The summed E-state index contributed by atoms with van der Waals surface area (Å²) in [6, 6.07) is 6.34. The number of benzene rings is 1. The van der Waals surface area contributed by atoms with Gasteiger partial charge in [0.2, 0.25) is 11.8 Å². The van der Waals surface area contributed by atoms with Crippen molar-refractivity contribution >= 4 is 11.8 Å². The molecule has 1 heterocycles. The van der Waals surface area contributed by atoms with Crippen LogP contribution in [0.25, 0.3) is 0 Å². The first-order chi connectivity index (χ1) is 10.0. The zero-order chi connectivity index (χ0) is 15.4. The Balaban J connectivity index is 2.19. The lowest BCUT2D eigenvalue weighted by Crippen LogP contribution is -2.38. The topological polar surface area (TPSA) is 49.4 Å². The summed E-state index contributed by atoms with van der Waals surface area (Å²) in [4.78, 5) is 25.1. The van der Waals surface area contributed by atoms with Gasteiger partial charge in [-0.1, -0.05) is 25.1 Å². The molecule has 4 nitrogen and oxygen atoms in total. The van der Waals surface area contributed by atoms with Gasteiger partial charge in [0.05, 0.1) is 6.04 Å². The highest BCUT2D eigenvalue weighted by atomic mass is 16.2. The predicted octanol–water partition coefficient (Wildman–Crippen LogP) is 2.49. The van der Waals surface area contributed by atoms with E-state index in [-0.39, 0.29) is 17.9 Å². The summed E-state index contributed by atoms with van der Waals surface area (Å²) < 4.78 is 0. The highest BCUT2D eigenvalue weighted by Gasteiger charge is 2.31. The van der Waals surface area contributed by atoms with Crippen LogP contribution in [-0.2, 0) is 9.59 Å². The van der Waals surface area contributed by atoms with Gasteiger partial charge in [0.15, 0.2) is 0 Å². The van der Waals surface area contributed by atoms with Crippen LogP contribution in [0, 0.1) is 13.8 Å². The number of carbonyl (C=O) groups is 2. The normalized spacial score (nSPS) is 16.6. The molecule has 1 aliphatic heterocycles. The monoisotopic (exact) mass is 288 g/mol. The van der Waals surface area contributed by atoms with Crippen molar-refractivity contribution in [1.29, 1.82) is 0 Å². The van der Waals surface area contributed by atoms with Gasteiger partial charge >= 0.3 is 0 Å². The molecule has 2 amide bonds. The summed E-state index contributed by atoms with van der Waals surface area (Å²) in [5.74, 6) is -0.0979. The number of likely N-dealkylation sites (tertiary alicyclic amines) is 1. The number of imide groups is 1. The summed E-state index contributed by atoms with van der Waals surface area (Å²) in [7, 11) is 0. The van der Waals surface area contributed by atoms with Crippen LogP contribution in [0.3, 0.4) is 0 Å². The summed E-state index contributed by atoms with van der Waals surface area (Å²) in [6.45, 7) is 7.58. The molecule has 0 spiro atoms. The van der Waals surface area contributed by atoms with Gasteiger partial charge in [0, 0.05) is 19.4 Å². The molecule has 1 fully saturated rings. The summed E-state index contributed by atoms with van der Waals surface area (Å²) in [6.07, 6.45) is 1.72. The highest BCUT2D eigenvalue weighted by Crippen LogP contribution is 2.21. The maximum atomic E-state index is 11.8. The molecule has 4 heteroatoms. The molecule has 1 saturated heterocycles. The van der Waals surface area contributed by atoms with E-state index in [4.69, 9.17) is 0 Å². The Hall–Kier alpha value is -1.68. The lowest BCUT2D eigenvalue weighted by molar-refractivity contribution is -0.138. The largest absolute Gasteiger partial charge is 0.308 e. The van der Waals surface area contributed by atoms with Crippen molar-refractivity contribution in [2.75, 3.05) is 13.1 Å². The molecule has 0 radical (unpaired) electrons. The van der Waals surface area contributed by atoms with E-state index in [1.54, 1.807) is 0 Å². The summed E-state index contributed by atoms with van der Waals surface area (Å²) in [5, 5.41) is 3.45. The van der Waals surface area contributed by atoms with Crippen LogP contribution in [0.2, 0.25) is 0 Å². The van der Waals surface area contributed by atoms with Gasteiger partial charge in [-0.05, 0) is 43.5 Å². The minimum atomic E-state index is -0.0490. The minimum Gasteiger partial charge on any atom is -0.308 e. The maximum absolute atomic E-state index is 11.8. The van der Waals surface area contributed by atoms with E-state index in [2.05, 4.69) is 44.3 Å². The molecule has 1 aromatic carbocycles. The smallest absolute Gasteiger partial charge is 0.229 e. The second-order valence-electron chi connectivity index (χ2n) is 5.75. The molecule has 1 unspecified atom stereocenters. The Labute approximate surface area is 126 Å². The Morgan fingerprint density at radius 1 is 1.14 bits per heavy atom. The fraction of sp³-hybridized carbons (Fsp3) is 0.529. The van der Waals surface area contributed by atoms with Gasteiger partial charge in [-0.3, -0.25) is 14.5 Å². The number of aryl methyl sites for hydroxylation is 2. The van der Waals surface area contributed by atoms with E-state index in [0.717, 1.165) is 18.5 Å². The second-order valence-corrected chi connectivity index (χ2v) is 5.75. The minimum absolute atomic E-state index is 0.00949. The van der Waals surface area contributed by atoms with Crippen molar-refractivity contribution in [2.24, 2.45) is 0 Å². The van der Waals surface area contributed by atoms with Crippen LogP contribution in [0.15, 0.2) is 18.2 Å². The zero-order valence-corrected chi connectivity index (χ0v) is 13.1. The Morgan fingerprint density at radius 2 is 1.81 bits per heavy atom. The van der Waals surface area contributed by atoms with Crippen LogP contribution in [0.5, 0.6) is 0 Å². The molecule has 0 aromatic heterocycles. The van der Waals surface area contributed by atoms with E-state index in [9.17, 15) is 9.59 Å². The van der Waals surface area contributed by atoms with Crippen LogP contribution < -0.4 is 5.32 Å². The summed E-state index contributed by atoms with van der Waals surface area (Å²) >= 11 is 0. The standard InChI is InChI=1S/C17H24N2O2/c1-4-9-18-15(11-19-16(20)7-8-17(19)21)14-6-5-12(2)13(3)10-14/h5-6,10,15,18H,4,7-9,11H2,1-3H3. The first-order valence-electron chi connectivity index (χ1n) is 7.66. The molecule has 1 N–H and O–H groups in total. The molecule has 1 atom stereocenters. The highest BCUT2D eigenvalue weighted by molar-refractivity contribution is 6.01. The maximum Gasteiger partial charge on any atom is 0.229 e. The third-order valence-corrected chi connectivity index (χ3v) is 4.09. The lowest BCUT2D eigenvalue weighted by Gasteiger charge is -2.24. The number of carbonyl (C=O) groups excluding carboxylic acids is 2. The van der Waals surface area contributed by atoms with Crippen molar-refractivity contribution in [2.45, 2.75) is 46.1 Å². The van der Waals surface area contributed by atoms with Crippen LogP contribution in [-0.4, -0.2) is 29.8 Å². The average Bonchev–Trinajstić information content (AvgIpc) is 2.77. The molecule has 0 aliphatic carbocycles. The van der Waals surface area contributed by atoms with Gasteiger partial charge in [-0.15, -0.1) is 0 Å². The third-order valence-electron chi connectivity index (χ3n) is 4.09. The van der Waals surface area contributed by atoms with E-state index in [1.807, 2.05) is 0 Å². The van der Waals surface area contributed by atoms with E-state index < -0.39 is 0 Å². The Kier molecular flexibility index (Phi) is 5.12. The first-order valence-corrected chi connectivity index (χ1v) is 7.66. The van der Waals surface area contributed by atoms with Gasteiger partial charge in [0.1, 0.15) is 0 Å². The Bertz CT molecular complexity index is 524. The van der Waals surface area contributed by atoms with Crippen molar-refractivity contribution in [1.82, 2.24) is 10.2 Å². The van der Waals surface area contributed by atoms with E-state index in [1.165, 1.54) is 16.0 Å². The molecule has 1 aromatic rings. The predicted molar refractivity (Wildman–Crippen MR) is 82.9 cm³/mol. The number of nitrogens with zero attached hydrogens (tertiary/aromatic N) is 1. The molecular formula is C17H24N2O2. The van der Waals surface area contributed by atoms with Crippen molar-refractivity contribution < 1.29 is 9.59 Å². The molecule has 0 saturated carbocycles. The number of rotatable bonds is 6. The SMILES string of the molecule is CCCNC(CN1C(=O)CCC1=O)c1ccc(C)c(C)c1. The van der Waals surface area contributed by atoms with Crippen molar-refractivity contribution in [3.8, 4) is 0 Å². The second kappa shape index (κ2) is 6.85. The fourth-order valence-corrected chi connectivity index (χ4v) is 2.60. The van der Waals surface area contributed by atoms with Gasteiger partial charge < -0.3 is 5.32 Å². The summed E-state index contributed by atoms with van der Waals surface area (Å²) in [5.41, 5.74) is 3.62. The molecule has 2 rings (SSSR count). The van der Waals surface area contributed by atoms with Crippen molar-refractivity contribution in [3.05, 3.63) is 34.9 Å². The number of hydrogen-bond acceptors (Lipinski definition) is 3. The fourth-order valence-electron chi connectivity index (χ4n) is 2.60. The van der Waals surface area contributed by atoms with Gasteiger partial charge in [0.25, 0.3) is 0 Å². The quantitative estimate of drug-likeness (QED) is 0.818. The van der Waals surface area contributed by atoms with Gasteiger partial charge in [-0.25, -0.2) is 0 Å². The van der Waals surface area contributed by atoms with Crippen LogP contribution >= 0.6 is 0 Å². The van der Waals surface area contributed by atoms with Gasteiger partial charge in [-0.2, -0.15) is 0 Å². The lowest BCUT2D eigenvalue weighted by atomic mass is 10.0. The molecule has 21 heavy (non-hydrogen) atoms. The number of amides is 2. The zero-order valence-electron chi connectivity index (χ0n) is 13.1. The van der Waals surface area contributed by atoms with Crippen molar-refractivity contribution in [3.63, 3.8) is 0 Å². The molecule has 0 bridgehead atoms. The molecule has 1 aliphatic rings. The van der Waals surface area contributed by atoms with Crippen LogP contribution in [0.1, 0.15) is 48.9 Å². The molecule has 114 valence electrons. The molecular weight excluding hydrogens is 264 g/mol. The first kappa shape index (κ1) is 15.7. The third kappa shape index (κ3) is 3.70. The average molecular weight is 288 g/mol. The van der Waals surface area contributed by atoms with Crippen LogP contribution in [0.4, 0.5) is 0 Å². The number of hydrogen-bond donors (Lipinski definition) is 1. The Morgan fingerprint density at radius 3 is 2.38 bits per heavy atom.